The average Bonchev–Trinajstić information content (AvgIpc) is 2.87. The number of likely N-dealkylation sites (tertiary alicyclic amines) is 1. The zero-order chi connectivity index (χ0) is 24.9. The van der Waals surface area contributed by atoms with E-state index in [2.05, 4.69) is 36.9 Å². The molecule has 35 heavy (non-hydrogen) atoms. The highest BCUT2D eigenvalue weighted by Crippen LogP contribution is 2.28. The number of nitro groups is 1. The van der Waals surface area contributed by atoms with Crippen LogP contribution >= 0.6 is 0 Å². The topological polar surface area (TPSA) is 96.2 Å². The molecule has 2 aromatic rings. The molecule has 0 spiro atoms. The molecule has 2 fully saturated rings. The Morgan fingerprint density at radius 3 is 2.34 bits per heavy atom. The number of hydrogen-bond donors (Lipinski definition) is 0. The molecular weight excluding hydrogens is 448 g/mol. The van der Waals surface area contributed by atoms with Crippen LogP contribution in [0.1, 0.15) is 24.0 Å². The Hall–Kier alpha value is -3.62. The van der Waals surface area contributed by atoms with Crippen LogP contribution in [0.15, 0.2) is 42.5 Å². The highest BCUT2D eigenvalue weighted by Gasteiger charge is 2.33. The zero-order valence-corrected chi connectivity index (χ0v) is 20.3. The molecule has 2 aliphatic rings. The van der Waals surface area contributed by atoms with Gasteiger partial charge in [-0.2, -0.15) is 0 Å². The third-order valence-electron chi connectivity index (χ3n) is 6.88. The van der Waals surface area contributed by atoms with Gasteiger partial charge in [0.1, 0.15) is 0 Å². The molecule has 0 saturated carbocycles. The van der Waals surface area contributed by atoms with Gasteiger partial charge in [-0.25, -0.2) is 0 Å². The van der Waals surface area contributed by atoms with E-state index in [4.69, 9.17) is 4.74 Å². The van der Waals surface area contributed by atoms with E-state index >= 15 is 0 Å². The molecule has 0 bridgehead atoms. The van der Waals surface area contributed by atoms with Gasteiger partial charge in [0.2, 0.25) is 5.91 Å². The van der Waals surface area contributed by atoms with Crippen LogP contribution in [0.25, 0.3) is 0 Å². The molecule has 9 nitrogen and oxygen atoms in total. The minimum absolute atomic E-state index is 0.0669. The van der Waals surface area contributed by atoms with E-state index in [1.165, 1.54) is 28.9 Å². The van der Waals surface area contributed by atoms with E-state index in [9.17, 15) is 19.7 Å². The van der Waals surface area contributed by atoms with Gasteiger partial charge in [0.15, 0.2) is 12.4 Å². The standard InChI is InChI=1S/C26H32N4O5/c1-19-7-5-8-20(2)25(19)27-13-15-28(16-14-27)26(32)21-9-6-12-29(17-21)24(31)18-35-23-11-4-3-10-22(23)30(33)34/h3-5,7-8,10-11,21H,6,9,12-18H2,1-2H3. The lowest BCUT2D eigenvalue weighted by molar-refractivity contribution is -0.385. The number of benzene rings is 2. The third-order valence-corrected chi connectivity index (χ3v) is 6.88. The largest absolute Gasteiger partial charge is 0.477 e. The molecule has 2 aromatic carbocycles. The summed E-state index contributed by atoms with van der Waals surface area (Å²) < 4.78 is 5.46. The number of nitrogens with zero attached hydrogens (tertiary/aromatic N) is 4. The van der Waals surface area contributed by atoms with E-state index in [-0.39, 0.29) is 35.8 Å². The summed E-state index contributed by atoms with van der Waals surface area (Å²) in [5.74, 6) is -0.327. The van der Waals surface area contributed by atoms with Crippen molar-refractivity contribution in [3.63, 3.8) is 0 Å². The minimum Gasteiger partial charge on any atom is -0.477 e. The number of amides is 2. The number of anilines is 1. The second kappa shape index (κ2) is 10.8. The second-order valence-electron chi connectivity index (χ2n) is 9.25. The Bertz CT molecular complexity index is 1080. The fraction of sp³-hybridized carbons (Fsp3) is 0.462. The monoisotopic (exact) mass is 480 g/mol. The number of rotatable bonds is 6. The predicted molar refractivity (Wildman–Crippen MR) is 133 cm³/mol. The molecule has 2 heterocycles. The summed E-state index contributed by atoms with van der Waals surface area (Å²) in [7, 11) is 0. The number of piperazine rings is 1. The van der Waals surface area contributed by atoms with Crippen LogP contribution in [0.2, 0.25) is 0 Å². The number of para-hydroxylation sites is 3. The number of aryl methyl sites for hydroxylation is 2. The lowest BCUT2D eigenvalue weighted by Crippen LogP contribution is -2.53. The van der Waals surface area contributed by atoms with Crippen molar-refractivity contribution in [1.82, 2.24) is 9.80 Å². The Labute approximate surface area is 205 Å². The normalized spacial score (nSPS) is 18.3. The lowest BCUT2D eigenvalue weighted by Gasteiger charge is -2.40. The molecule has 2 aliphatic heterocycles. The van der Waals surface area contributed by atoms with Gasteiger partial charge in [-0.3, -0.25) is 19.7 Å². The first-order valence-corrected chi connectivity index (χ1v) is 12.1. The van der Waals surface area contributed by atoms with Gasteiger partial charge < -0.3 is 19.4 Å². The highest BCUT2D eigenvalue weighted by molar-refractivity contribution is 5.82. The summed E-state index contributed by atoms with van der Waals surface area (Å²) in [6.45, 7) is 7.77. The van der Waals surface area contributed by atoms with Gasteiger partial charge in [-0.05, 0) is 43.9 Å². The van der Waals surface area contributed by atoms with Crippen LogP contribution in [0.5, 0.6) is 5.75 Å². The Morgan fingerprint density at radius 1 is 0.971 bits per heavy atom. The molecular formula is C26H32N4O5. The van der Waals surface area contributed by atoms with E-state index < -0.39 is 4.92 Å². The summed E-state index contributed by atoms with van der Waals surface area (Å²) in [6.07, 6.45) is 1.50. The maximum absolute atomic E-state index is 13.3. The van der Waals surface area contributed by atoms with Crippen molar-refractivity contribution in [3.8, 4) is 5.75 Å². The van der Waals surface area contributed by atoms with E-state index in [1.54, 1.807) is 17.0 Å². The third kappa shape index (κ3) is 5.55. The van der Waals surface area contributed by atoms with Crippen LogP contribution in [0.4, 0.5) is 11.4 Å². The quantitative estimate of drug-likeness (QED) is 0.465. The average molecular weight is 481 g/mol. The van der Waals surface area contributed by atoms with Gasteiger partial charge in [0.25, 0.3) is 5.91 Å². The number of carbonyl (C=O) groups is 2. The summed E-state index contributed by atoms with van der Waals surface area (Å²) in [4.78, 5) is 42.6. The lowest BCUT2D eigenvalue weighted by atomic mass is 9.96. The predicted octanol–water partition coefficient (Wildman–Crippen LogP) is 3.18. The molecule has 0 radical (unpaired) electrons. The Morgan fingerprint density at radius 2 is 1.66 bits per heavy atom. The van der Waals surface area contributed by atoms with E-state index in [0.29, 0.717) is 26.2 Å². The van der Waals surface area contributed by atoms with Crippen molar-refractivity contribution in [2.45, 2.75) is 26.7 Å². The molecule has 2 saturated heterocycles. The first-order valence-electron chi connectivity index (χ1n) is 12.1. The van der Waals surface area contributed by atoms with Crippen LogP contribution in [-0.2, 0) is 9.59 Å². The maximum Gasteiger partial charge on any atom is 0.310 e. The Balaban J connectivity index is 1.31. The summed E-state index contributed by atoms with van der Waals surface area (Å²) in [5, 5.41) is 11.2. The van der Waals surface area contributed by atoms with Crippen LogP contribution in [-0.4, -0.2) is 72.4 Å². The van der Waals surface area contributed by atoms with E-state index in [0.717, 1.165) is 25.9 Å². The van der Waals surface area contributed by atoms with Gasteiger partial charge in [0.05, 0.1) is 10.8 Å². The molecule has 186 valence electrons. The van der Waals surface area contributed by atoms with Gasteiger partial charge >= 0.3 is 5.69 Å². The molecule has 0 aromatic heterocycles. The van der Waals surface area contributed by atoms with Gasteiger partial charge in [-0.15, -0.1) is 0 Å². The summed E-state index contributed by atoms with van der Waals surface area (Å²) >= 11 is 0. The van der Waals surface area contributed by atoms with Crippen LogP contribution in [0, 0.1) is 29.9 Å². The number of ether oxygens (including phenoxy) is 1. The van der Waals surface area contributed by atoms with Gasteiger partial charge in [0, 0.05) is 51.0 Å². The number of hydrogen-bond acceptors (Lipinski definition) is 6. The number of piperidine rings is 1. The van der Waals surface area contributed by atoms with E-state index in [1.807, 2.05) is 4.90 Å². The molecule has 2 amide bonds. The fourth-order valence-electron chi connectivity index (χ4n) is 5.08. The van der Waals surface area contributed by atoms with Crippen molar-refractivity contribution < 1.29 is 19.2 Å². The molecule has 1 unspecified atom stereocenters. The maximum atomic E-state index is 13.3. The summed E-state index contributed by atoms with van der Waals surface area (Å²) in [5.41, 5.74) is 3.57. The smallest absolute Gasteiger partial charge is 0.310 e. The summed E-state index contributed by atoms with van der Waals surface area (Å²) in [6, 6.07) is 12.3. The molecule has 4 rings (SSSR count). The fourth-order valence-corrected chi connectivity index (χ4v) is 5.08. The zero-order valence-electron chi connectivity index (χ0n) is 20.3. The van der Waals surface area contributed by atoms with Crippen LogP contribution in [0.3, 0.4) is 0 Å². The molecule has 0 N–H and O–H groups in total. The first kappa shape index (κ1) is 24.5. The first-order chi connectivity index (χ1) is 16.8. The SMILES string of the molecule is Cc1cccc(C)c1N1CCN(C(=O)C2CCCN(C(=O)COc3ccccc3[N+](=O)[O-])C2)CC1. The van der Waals surface area contributed by atoms with Crippen LogP contribution < -0.4 is 9.64 Å². The molecule has 1 atom stereocenters. The molecule has 9 heteroatoms. The Kier molecular flexibility index (Phi) is 7.53. The minimum atomic E-state index is -0.532. The van der Waals surface area contributed by atoms with Crippen molar-refractivity contribution in [2.24, 2.45) is 5.92 Å². The molecule has 0 aliphatic carbocycles. The second-order valence-corrected chi connectivity index (χ2v) is 9.25. The van der Waals surface area contributed by atoms with Crippen molar-refractivity contribution in [2.75, 3.05) is 50.8 Å². The van der Waals surface area contributed by atoms with Crippen molar-refractivity contribution in [3.05, 3.63) is 63.7 Å². The van der Waals surface area contributed by atoms with Crippen molar-refractivity contribution >= 4 is 23.2 Å². The number of nitro benzene ring substituents is 1. The van der Waals surface area contributed by atoms with Crippen molar-refractivity contribution in [1.29, 1.82) is 0 Å². The number of carbonyl (C=O) groups excluding carboxylic acids is 2. The highest BCUT2D eigenvalue weighted by atomic mass is 16.6. The van der Waals surface area contributed by atoms with Gasteiger partial charge in [-0.1, -0.05) is 30.3 Å².